The largest absolute Gasteiger partial charge is 2.00 e. The summed E-state index contributed by atoms with van der Waals surface area (Å²) in [5, 5.41) is 23.6. The van der Waals surface area contributed by atoms with Crippen LogP contribution in [0.25, 0.3) is 0 Å². The minimum Gasteiger partial charge on any atom is -0.493 e. The smallest absolute Gasteiger partial charge is 0.493 e. The molecule has 1 aliphatic heterocycles. The van der Waals surface area contributed by atoms with Crippen molar-refractivity contribution in [3.05, 3.63) is 79.7 Å². The molecular weight excluding hydrogens is 529 g/mol. The average molecular weight is 556 g/mol. The van der Waals surface area contributed by atoms with Gasteiger partial charge >= 0.3 is 22.2 Å². The number of rotatable bonds is 4. The molecule has 0 saturated heterocycles. The first-order chi connectivity index (χ1) is 17.3. The van der Waals surface area contributed by atoms with Crippen LogP contribution in [0, 0.1) is 10.4 Å². The molecule has 12 nitrogen and oxygen atoms in total. The average Bonchev–Trinajstić information content (AvgIpc) is 3.10. The zero-order valence-corrected chi connectivity index (χ0v) is 20.9. The number of anilines is 1. The minimum absolute atomic E-state index is 0. The fraction of sp³-hybridized carbons (Fsp3) is 0.500. The Hall–Kier alpha value is -3.47. The van der Waals surface area contributed by atoms with Crippen molar-refractivity contribution in [2.45, 2.75) is 76.3 Å². The monoisotopic (exact) mass is 555 g/mol. The standard InChI is InChI=1S/C24H27N5O7.Ni/c30-16-12-11-15-17(21(32)29(36)20(15)31)18(16)25-26-19-22(33)27(13-7-3-1-4-8-13)24(35)28(23(19)34)14-9-5-2-6-10-14;/h11-14,26,33,36H,1-10H2;/q;+2. The normalized spacial score (nSPS) is 17.7. The molecule has 1 aromatic heterocycles. The third kappa shape index (κ3) is 4.45. The van der Waals surface area contributed by atoms with Gasteiger partial charge < -0.3 is 10.3 Å². The van der Waals surface area contributed by atoms with Crippen molar-refractivity contribution in [3.63, 3.8) is 0 Å². The molecule has 0 atom stereocenters. The third-order valence-electron chi connectivity index (χ3n) is 7.43. The van der Waals surface area contributed by atoms with Gasteiger partial charge in [0, 0.05) is 12.1 Å². The minimum atomic E-state index is -1.12. The van der Waals surface area contributed by atoms with Gasteiger partial charge in [-0.1, -0.05) is 38.5 Å². The number of nitrogens with zero attached hydrogens (tertiary/aromatic N) is 4. The predicted octanol–water partition coefficient (Wildman–Crippen LogP) is 0.371. The van der Waals surface area contributed by atoms with Gasteiger partial charge in [0.25, 0.3) is 16.7 Å². The van der Waals surface area contributed by atoms with Crippen LogP contribution in [-0.4, -0.2) is 24.2 Å². The van der Waals surface area contributed by atoms with E-state index in [9.17, 15) is 34.3 Å². The van der Waals surface area contributed by atoms with Gasteiger partial charge in [-0.05, 0) is 37.8 Å². The van der Waals surface area contributed by atoms with E-state index >= 15 is 0 Å². The summed E-state index contributed by atoms with van der Waals surface area (Å²) >= 11 is 0. The Labute approximate surface area is 218 Å². The van der Waals surface area contributed by atoms with Crippen LogP contribution in [0.1, 0.15) is 76.3 Å². The summed E-state index contributed by atoms with van der Waals surface area (Å²) in [6, 6.07) is 1.52. The molecule has 3 N–H and O–H groups in total. The van der Waals surface area contributed by atoms with Gasteiger partial charge in [0.15, 0.2) is 5.69 Å². The van der Waals surface area contributed by atoms with E-state index in [1.165, 1.54) is 9.13 Å². The maximum Gasteiger partial charge on any atom is 2.00 e. The van der Waals surface area contributed by atoms with E-state index in [2.05, 4.69) is 10.5 Å². The summed E-state index contributed by atoms with van der Waals surface area (Å²) in [6.07, 6.45) is 8.21. The molecule has 1 aromatic rings. The first-order valence-electron chi connectivity index (χ1n) is 12.3. The SMILES string of the molecule is O=c1ccc2c(=O)n(O)c(=O)c=2c1=NNc1c(O)n(C2CCCCC2)c(=O)n(C2CCCCC2)c1=O.[Ni+2]. The van der Waals surface area contributed by atoms with Crippen molar-refractivity contribution in [1.82, 2.24) is 13.9 Å². The molecule has 4 aliphatic rings. The molecule has 2 saturated carbocycles. The van der Waals surface area contributed by atoms with E-state index in [1.807, 2.05) is 0 Å². The second-order valence-electron chi connectivity index (χ2n) is 9.59. The second-order valence-corrected chi connectivity index (χ2v) is 9.59. The van der Waals surface area contributed by atoms with Crippen LogP contribution in [0.15, 0.2) is 41.2 Å². The topological polar surface area (TPSA) is 165 Å². The van der Waals surface area contributed by atoms with Gasteiger partial charge in [0.05, 0.1) is 10.4 Å². The first-order valence-corrected chi connectivity index (χ1v) is 12.3. The summed E-state index contributed by atoms with van der Waals surface area (Å²) in [4.78, 5) is 63.9. The van der Waals surface area contributed by atoms with Crippen LogP contribution >= 0.6 is 0 Å². The van der Waals surface area contributed by atoms with E-state index in [-0.39, 0.29) is 44.2 Å². The van der Waals surface area contributed by atoms with Gasteiger partial charge in [-0.15, -0.1) is 4.73 Å². The molecule has 2 heterocycles. The molecule has 37 heavy (non-hydrogen) atoms. The first kappa shape index (κ1) is 26.6. The Morgan fingerprint density at radius 3 is 1.95 bits per heavy atom. The molecule has 5 rings (SSSR count). The molecule has 0 amide bonds. The van der Waals surface area contributed by atoms with Gasteiger partial charge in [-0.3, -0.25) is 33.7 Å². The molecule has 13 heteroatoms. The van der Waals surface area contributed by atoms with Crippen molar-refractivity contribution >= 4 is 5.69 Å². The Balaban J connectivity index is 0.00000320. The zero-order chi connectivity index (χ0) is 25.6. The fourth-order valence-corrected chi connectivity index (χ4v) is 5.56. The van der Waals surface area contributed by atoms with Crippen molar-refractivity contribution in [2.24, 2.45) is 5.10 Å². The summed E-state index contributed by atoms with van der Waals surface area (Å²) in [7, 11) is 0. The van der Waals surface area contributed by atoms with Crippen LogP contribution in [0.3, 0.4) is 0 Å². The van der Waals surface area contributed by atoms with Gasteiger partial charge in [-0.25, -0.2) is 4.79 Å². The van der Waals surface area contributed by atoms with Crippen molar-refractivity contribution in [3.8, 4) is 5.88 Å². The third-order valence-corrected chi connectivity index (χ3v) is 7.43. The van der Waals surface area contributed by atoms with Crippen LogP contribution in [0.4, 0.5) is 5.69 Å². The molecule has 0 radical (unpaired) electrons. The quantitative estimate of drug-likeness (QED) is 0.236. The number of aromatic hydroxyl groups is 1. The van der Waals surface area contributed by atoms with Crippen LogP contribution in [0.2, 0.25) is 0 Å². The predicted molar refractivity (Wildman–Crippen MR) is 128 cm³/mol. The number of hydrogen-bond donors (Lipinski definition) is 3. The maximum absolute atomic E-state index is 13.5. The number of aromatic nitrogens is 3. The second kappa shape index (κ2) is 10.5. The van der Waals surface area contributed by atoms with Gasteiger partial charge in [0.2, 0.25) is 11.3 Å². The Kier molecular flexibility index (Phi) is 7.54. The number of hydrogen-bond acceptors (Lipinski definition) is 9. The summed E-state index contributed by atoms with van der Waals surface area (Å²) in [5.41, 5.74) is -2.16. The van der Waals surface area contributed by atoms with E-state index < -0.39 is 44.3 Å². The molecule has 0 unspecified atom stereocenters. The zero-order valence-electron chi connectivity index (χ0n) is 19.9. The molecule has 3 aliphatic carbocycles. The van der Waals surface area contributed by atoms with E-state index in [4.69, 9.17) is 0 Å². The van der Waals surface area contributed by atoms with E-state index in [1.54, 1.807) is 0 Å². The summed E-state index contributed by atoms with van der Waals surface area (Å²) in [6.45, 7) is 0. The Bertz CT molecular complexity index is 1720. The van der Waals surface area contributed by atoms with Gasteiger partial charge in [0.1, 0.15) is 5.36 Å². The van der Waals surface area contributed by atoms with E-state index in [0.29, 0.717) is 25.7 Å². The van der Waals surface area contributed by atoms with Crippen LogP contribution < -0.4 is 38.6 Å². The van der Waals surface area contributed by atoms with Gasteiger partial charge in [-0.2, -0.15) is 5.10 Å². The van der Waals surface area contributed by atoms with Crippen LogP contribution in [0.5, 0.6) is 5.88 Å². The van der Waals surface area contributed by atoms with Crippen molar-refractivity contribution < 1.29 is 26.8 Å². The Morgan fingerprint density at radius 2 is 1.35 bits per heavy atom. The van der Waals surface area contributed by atoms with Crippen molar-refractivity contribution in [1.29, 1.82) is 0 Å². The molecular formula is C24H27N5NiO7+2. The molecule has 0 aromatic carbocycles. The maximum atomic E-state index is 13.5. The molecule has 2 fully saturated rings. The Morgan fingerprint density at radius 1 is 0.784 bits per heavy atom. The molecule has 0 spiro atoms. The fourth-order valence-electron chi connectivity index (χ4n) is 5.56. The van der Waals surface area contributed by atoms with E-state index in [0.717, 1.165) is 50.7 Å². The molecule has 198 valence electrons. The summed E-state index contributed by atoms with van der Waals surface area (Å²) in [5.74, 6) is -0.584. The summed E-state index contributed by atoms with van der Waals surface area (Å²) < 4.78 is 2.30. The number of nitrogens with one attached hydrogen (secondary N) is 1. The molecule has 0 bridgehead atoms. The van der Waals surface area contributed by atoms with Crippen LogP contribution in [-0.2, 0) is 16.5 Å². The van der Waals surface area contributed by atoms with Crippen molar-refractivity contribution in [2.75, 3.05) is 5.43 Å².